The lowest BCUT2D eigenvalue weighted by atomic mass is 9.84. The number of methoxy groups -OCH3 is 1. The second-order valence-electron chi connectivity index (χ2n) is 16.9. The van der Waals surface area contributed by atoms with Crippen LogP contribution < -0.4 is 10.7 Å². The highest BCUT2D eigenvalue weighted by atomic mass is 32.1. The molecule has 15 nitrogen and oxygen atoms in total. The number of carbonyl (C=O) groups excluding carboxylic acids is 5. The van der Waals surface area contributed by atoms with Gasteiger partial charge < -0.3 is 24.3 Å². The molecule has 1 fully saturated rings. The lowest BCUT2D eigenvalue weighted by molar-refractivity contribution is -0.155. The molecule has 2 N–H and O–H groups in total. The number of aryl methyl sites for hydroxylation is 1. The molecule has 2 aliphatic rings. The number of likely N-dealkylation sites (N-methyl/N-ethyl adjacent to an activating group) is 2. The van der Waals surface area contributed by atoms with Gasteiger partial charge in [-0.3, -0.25) is 34.1 Å². The zero-order valence-electron chi connectivity index (χ0n) is 37.7. The number of allylic oxidation sites excluding steroid dienone is 2. The first-order chi connectivity index (χ1) is 29.4. The van der Waals surface area contributed by atoms with Gasteiger partial charge in [-0.1, -0.05) is 53.0 Å². The molecule has 334 valence electrons. The quantitative estimate of drug-likeness (QED) is 0.0991. The fourth-order valence-corrected chi connectivity index (χ4v) is 9.10. The number of hydrazine groups is 1. The van der Waals surface area contributed by atoms with E-state index in [2.05, 4.69) is 61.4 Å². The van der Waals surface area contributed by atoms with Gasteiger partial charge in [-0.15, -0.1) is 11.3 Å². The maximum absolute atomic E-state index is 14.5. The van der Waals surface area contributed by atoms with E-state index < -0.39 is 59.2 Å². The summed E-state index contributed by atoms with van der Waals surface area (Å²) in [5.41, 5.74) is 8.70. The molecule has 2 aromatic heterocycles. The SMILES string of the molecule is C=CC(=O)N(C)C(=O)N(C)[C@H](C(=O)N[C@H]1Cc2nc(cs2)-c2ccc3c(c2)c(c(/C(C=C)=C(/N=C\C)[C@H](C)OC)n3CC)CC(C)(C)COC(=O)[C@@H]2CCCN(N2)C1=O)C(C)C. The lowest BCUT2D eigenvalue weighted by Gasteiger charge is -2.36. The zero-order valence-corrected chi connectivity index (χ0v) is 38.6. The molecule has 6 bridgehead atoms. The molecule has 62 heavy (non-hydrogen) atoms. The number of esters is 1. The van der Waals surface area contributed by atoms with Crippen LogP contribution in [0.4, 0.5) is 4.79 Å². The summed E-state index contributed by atoms with van der Waals surface area (Å²) < 4.78 is 14.1. The van der Waals surface area contributed by atoms with Crippen molar-refractivity contribution in [3.8, 4) is 11.3 Å². The third-order valence-electron chi connectivity index (χ3n) is 11.5. The number of imide groups is 1. The second kappa shape index (κ2) is 20.2. The normalized spacial score (nSPS) is 19.6. The van der Waals surface area contributed by atoms with Crippen molar-refractivity contribution in [2.45, 2.75) is 105 Å². The fourth-order valence-electron chi connectivity index (χ4n) is 8.25. The molecule has 5 rings (SSSR count). The van der Waals surface area contributed by atoms with Crippen molar-refractivity contribution in [2.24, 2.45) is 16.3 Å². The van der Waals surface area contributed by atoms with Crippen LogP contribution in [0.3, 0.4) is 0 Å². The van der Waals surface area contributed by atoms with Crippen LogP contribution in [-0.4, -0.2) is 119 Å². The predicted octanol–water partition coefficient (Wildman–Crippen LogP) is 6.18. The van der Waals surface area contributed by atoms with E-state index in [9.17, 15) is 24.0 Å². The minimum Gasteiger partial charge on any atom is -0.464 e. The Labute approximate surface area is 368 Å². The number of nitrogens with one attached hydrogen (secondary N) is 2. The van der Waals surface area contributed by atoms with Crippen molar-refractivity contribution in [1.29, 1.82) is 0 Å². The van der Waals surface area contributed by atoms with Crippen LogP contribution in [0.25, 0.3) is 27.7 Å². The standard InChI is InChI=1S/C46H62N8O7S/c1-13-30(39(47-15-3)28(7)60-12)41-32-24-46(8,9)26-61-44(58)33-18-17-21-54(50-33)43(57)34(49-42(56)40(27(5)6)52(11)45(59)51(10)38(55)14-2)23-37-48-35(25-62-37)29-19-20-36(31(32)22-29)53(41)16-4/h13-15,19-20,22,25,27-28,33-34,40,50H,1-2,16-18,21,23-24,26H2,3-12H3,(H,49,56)/b39-30+,47-15-/t28-,33-,34-,40-/m0/s1. The summed E-state index contributed by atoms with van der Waals surface area (Å²) in [7, 11) is 4.41. The first kappa shape index (κ1) is 47.6. The molecule has 0 saturated carbocycles. The first-order valence-electron chi connectivity index (χ1n) is 21.1. The number of cyclic esters (lactones) is 1. The number of thiazole rings is 1. The molecule has 1 aromatic carbocycles. The Hall–Kier alpha value is -5.45. The van der Waals surface area contributed by atoms with E-state index in [4.69, 9.17) is 19.5 Å². The molecule has 4 atom stereocenters. The number of ether oxygens (including phenoxy) is 2. The number of urea groups is 1. The number of hydrogen-bond donors (Lipinski definition) is 2. The summed E-state index contributed by atoms with van der Waals surface area (Å²) >= 11 is 1.37. The minimum absolute atomic E-state index is 0.0315. The van der Waals surface area contributed by atoms with E-state index in [1.807, 2.05) is 31.4 Å². The van der Waals surface area contributed by atoms with Crippen LogP contribution >= 0.6 is 11.3 Å². The van der Waals surface area contributed by atoms with Crippen LogP contribution in [0.5, 0.6) is 0 Å². The van der Waals surface area contributed by atoms with Gasteiger partial charge in [-0.2, -0.15) is 0 Å². The molecule has 0 aliphatic carbocycles. The smallest absolute Gasteiger partial charge is 0.327 e. The summed E-state index contributed by atoms with van der Waals surface area (Å²) in [6, 6.07) is 2.56. The molecule has 5 amide bonds. The number of nitrogens with zero attached hydrogens (tertiary/aromatic N) is 6. The summed E-state index contributed by atoms with van der Waals surface area (Å²) in [5.74, 6) is -2.56. The third kappa shape index (κ3) is 10.1. The largest absolute Gasteiger partial charge is 0.464 e. The molecule has 1 saturated heterocycles. The van der Waals surface area contributed by atoms with Crippen LogP contribution in [-0.2, 0) is 48.0 Å². The van der Waals surface area contributed by atoms with Gasteiger partial charge in [0.1, 0.15) is 18.1 Å². The number of hydrogen-bond acceptors (Lipinski definition) is 11. The highest BCUT2D eigenvalue weighted by Crippen LogP contribution is 2.40. The van der Waals surface area contributed by atoms with Gasteiger partial charge in [0.15, 0.2) is 0 Å². The van der Waals surface area contributed by atoms with Gasteiger partial charge in [-0.25, -0.2) is 15.2 Å². The highest BCUT2D eigenvalue weighted by Gasteiger charge is 2.39. The predicted molar refractivity (Wildman–Crippen MR) is 243 cm³/mol. The molecule has 0 radical (unpaired) electrons. The number of aromatic nitrogens is 2. The number of rotatable bonds is 11. The van der Waals surface area contributed by atoms with E-state index in [-0.39, 0.29) is 25.7 Å². The van der Waals surface area contributed by atoms with Crippen molar-refractivity contribution in [3.05, 3.63) is 70.9 Å². The van der Waals surface area contributed by atoms with Gasteiger partial charge in [0.2, 0.25) is 5.91 Å². The van der Waals surface area contributed by atoms with Gasteiger partial charge in [0.05, 0.1) is 34.8 Å². The summed E-state index contributed by atoms with van der Waals surface area (Å²) in [6.07, 6.45) is 5.80. The fraction of sp³-hybridized carbons (Fsp3) is 0.500. The number of amides is 5. The molecule has 4 heterocycles. The monoisotopic (exact) mass is 870 g/mol. The van der Waals surface area contributed by atoms with Crippen LogP contribution in [0.2, 0.25) is 0 Å². The number of carbonyl (C=O) groups is 5. The molecular formula is C46H62N8O7S. The van der Waals surface area contributed by atoms with E-state index in [0.717, 1.165) is 50.0 Å². The Kier molecular flexibility index (Phi) is 15.5. The number of benzene rings is 1. The summed E-state index contributed by atoms with van der Waals surface area (Å²) in [4.78, 5) is 80.0. The Morgan fingerprint density at radius 3 is 2.53 bits per heavy atom. The molecule has 2 aliphatic heterocycles. The summed E-state index contributed by atoms with van der Waals surface area (Å²) in [5, 5.41) is 7.83. The van der Waals surface area contributed by atoms with Crippen LogP contribution in [0.15, 0.2) is 59.6 Å². The van der Waals surface area contributed by atoms with Gasteiger partial charge in [0, 0.05) is 79.8 Å². The maximum Gasteiger partial charge on any atom is 0.327 e. The maximum atomic E-state index is 14.5. The van der Waals surface area contributed by atoms with E-state index in [0.29, 0.717) is 36.5 Å². The molecule has 0 spiro atoms. The van der Waals surface area contributed by atoms with Crippen LogP contribution in [0, 0.1) is 11.3 Å². The zero-order chi connectivity index (χ0) is 45.6. The highest BCUT2D eigenvalue weighted by molar-refractivity contribution is 7.10. The van der Waals surface area contributed by atoms with E-state index in [1.165, 1.54) is 35.3 Å². The van der Waals surface area contributed by atoms with Gasteiger partial charge in [-0.05, 0) is 69.7 Å². The van der Waals surface area contributed by atoms with E-state index >= 15 is 0 Å². The summed E-state index contributed by atoms with van der Waals surface area (Å²) in [6.45, 7) is 22.4. The average molecular weight is 871 g/mol. The second-order valence-corrected chi connectivity index (χ2v) is 17.9. The molecule has 16 heteroatoms. The van der Waals surface area contributed by atoms with Crippen molar-refractivity contribution in [2.75, 3.05) is 34.4 Å². The topological polar surface area (TPSA) is 168 Å². The van der Waals surface area contributed by atoms with Crippen LogP contribution in [0.1, 0.15) is 77.6 Å². The Bertz CT molecular complexity index is 2270. The van der Waals surface area contributed by atoms with Gasteiger partial charge in [0.25, 0.3) is 11.8 Å². The van der Waals surface area contributed by atoms with Crippen molar-refractivity contribution in [1.82, 2.24) is 35.1 Å². The first-order valence-corrected chi connectivity index (χ1v) is 22.0. The Balaban J connectivity index is 1.65. The molecule has 0 unspecified atom stereocenters. The average Bonchev–Trinajstić information content (AvgIpc) is 3.85. The minimum atomic E-state index is -1.13. The number of fused-ring (bicyclic) bond motifs is 6. The van der Waals surface area contributed by atoms with Crippen molar-refractivity contribution in [3.63, 3.8) is 0 Å². The van der Waals surface area contributed by atoms with Crippen molar-refractivity contribution >= 4 is 63.7 Å². The molecular weight excluding hydrogens is 809 g/mol. The Morgan fingerprint density at radius 1 is 1.18 bits per heavy atom. The lowest BCUT2D eigenvalue weighted by Crippen LogP contribution is -2.62. The van der Waals surface area contributed by atoms with Crippen molar-refractivity contribution < 1.29 is 33.4 Å². The van der Waals surface area contributed by atoms with E-state index in [1.54, 1.807) is 27.2 Å². The Morgan fingerprint density at radius 2 is 1.90 bits per heavy atom. The molecule has 3 aromatic rings. The third-order valence-corrected chi connectivity index (χ3v) is 12.3. The van der Waals surface area contributed by atoms with Gasteiger partial charge >= 0.3 is 12.0 Å². The number of aliphatic imine (C=N–C) groups is 1.